The minimum absolute atomic E-state index is 0.410. The smallest absolute Gasteiger partial charge is 0.0612 e. The second-order valence-electron chi connectivity index (χ2n) is 4.84. The van der Waals surface area contributed by atoms with Crippen LogP contribution in [0, 0.1) is 5.92 Å². The summed E-state index contributed by atoms with van der Waals surface area (Å²) in [4.78, 5) is 0. The van der Waals surface area contributed by atoms with Crippen molar-refractivity contribution in [1.82, 2.24) is 15.5 Å². The second kappa shape index (κ2) is 5.46. The van der Waals surface area contributed by atoms with Crippen LogP contribution in [-0.2, 0) is 11.3 Å². The van der Waals surface area contributed by atoms with Crippen LogP contribution in [0.5, 0.6) is 0 Å². The molecule has 1 aromatic rings. The molecule has 2 atom stereocenters. The molecule has 0 aromatic carbocycles. The fraction of sp³-hybridized carbons (Fsp3) is 0.750. The highest BCUT2D eigenvalue weighted by molar-refractivity contribution is 4.97. The lowest BCUT2D eigenvalue weighted by molar-refractivity contribution is -0.0246. The summed E-state index contributed by atoms with van der Waals surface area (Å²) in [7, 11) is 0. The maximum absolute atomic E-state index is 5.75. The first-order chi connectivity index (χ1) is 7.75. The number of hydrogen-bond donors (Lipinski definition) is 2. The molecule has 1 aliphatic rings. The fourth-order valence-corrected chi connectivity index (χ4v) is 2.12. The third-order valence-electron chi connectivity index (χ3n) is 3.20. The summed E-state index contributed by atoms with van der Waals surface area (Å²) >= 11 is 0. The molecule has 1 aromatic heterocycles. The molecule has 0 radical (unpaired) electrons. The zero-order chi connectivity index (χ0) is 11.4. The highest BCUT2D eigenvalue weighted by atomic mass is 16.5. The number of ether oxygens (including phenoxy) is 1. The van der Waals surface area contributed by atoms with E-state index in [-0.39, 0.29) is 0 Å². The summed E-state index contributed by atoms with van der Waals surface area (Å²) < 4.78 is 5.75. The number of nitrogens with zero attached hydrogens (tertiary/aromatic N) is 1. The van der Waals surface area contributed by atoms with Crippen molar-refractivity contribution in [3.05, 3.63) is 18.0 Å². The molecule has 4 heteroatoms. The minimum Gasteiger partial charge on any atom is -0.378 e. The number of nitrogens with one attached hydrogen (secondary N) is 2. The van der Waals surface area contributed by atoms with Gasteiger partial charge >= 0.3 is 0 Å². The van der Waals surface area contributed by atoms with Crippen LogP contribution >= 0.6 is 0 Å². The maximum Gasteiger partial charge on any atom is 0.0612 e. The third kappa shape index (κ3) is 3.06. The van der Waals surface area contributed by atoms with Crippen LogP contribution in [0.15, 0.2) is 12.3 Å². The van der Waals surface area contributed by atoms with E-state index >= 15 is 0 Å². The summed E-state index contributed by atoms with van der Waals surface area (Å²) in [6.07, 6.45) is 4.43. The maximum atomic E-state index is 5.75. The molecule has 16 heavy (non-hydrogen) atoms. The summed E-state index contributed by atoms with van der Waals surface area (Å²) in [5.74, 6) is 0.608. The first kappa shape index (κ1) is 11.6. The average Bonchev–Trinajstić information content (AvgIpc) is 2.79. The van der Waals surface area contributed by atoms with Gasteiger partial charge in [-0.2, -0.15) is 5.10 Å². The van der Waals surface area contributed by atoms with Gasteiger partial charge < -0.3 is 10.1 Å². The zero-order valence-corrected chi connectivity index (χ0v) is 10.1. The van der Waals surface area contributed by atoms with Gasteiger partial charge in [0.1, 0.15) is 0 Å². The van der Waals surface area contributed by atoms with E-state index in [1.54, 1.807) is 6.20 Å². The highest BCUT2D eigenvalue weighted by Crippen LogP contribution is 2.20. The van der Waals surface area contributed by atoms with Gasteiger partial charge in [0.05, 0.1) is 6.10 Å². The molecule has 2 unspecified atom stereocenters. The Labute approximate surface area is 96.8 Å². The molecule has 4 nitrogen and oxygen atoms in total. The Kier molecular flexibility index (Phi) is 3.96. The van der Waals surface area contributed by atoms with Crippen molar-refractivity contribution in [3.63, 3.8) is 0 Å². The van der Waals surface area contributed by atoms with E-state index in [0.717, 1.165) is 31.7 Å². The lowest BCUT2D eigenvalue weighted by Crippen LogP contribution is -2.40. The van der Waals surface area contributed by atoms with Gasteiger partial charge in [-0.25, -0.2) is 0 Å². The molecule has 2 N–H and O–H groups in total. The lowest BCUT2D eigenvalue weighted by Gasteiger charge is -2.32. The molecule has 0 saturated carbocycles. The van der Waals surface area contributed by atoms with E-state index in [1.807, 2.05) is 6.07 Å². The van der Waals surface area contributed by atoms with E-state index in [0.29, 0.717) is 18.1 Å². The van der Waals surface area contributed by atoms with Crippen molar-refractivity contribution in [2.75, 3.05) is 6.61 Å². The largest absolute Gasteiger partial charge is 0.378 e. The molecule has 0 amide bonds. The summed E-state index contributed by atoms with van der Waals surface area (Å²) in [6.45, 7) is 6.20. The Bertz CT molecular complexity index is 297. The van der Waals surface area contributed by atoms with Crippen LogP contribution < -0.4 is 5.32 Å². The van der Waals surface area contributed by atoms with E-state index in [2.05, 4.69) is 29.4 Å². The van der Waals surface area contributed by atoms with E-state index in [9.17, 15) is 0 Å². The molecule has 1 aliphatic heterocycles. The Morgan fingerprint density at radius 2 is 2.50 bits per heavy atom. The summed E-state index contributed by atoms with van der Waals surface area (Å²) in [5.41, 5.74) is 1.15. The molecule has 90 valence electrons. The number of H-pyrrole nitrogens is 1. The number of hydrogen-bond acceptors (Lipinski definition) is 3. The zero-order valence-electron chi connectivity index (χ0n) is 10.1. The van der Waals surface area contributed by atoms with Gasteiger partial charge in [0.2, 0.25) is 0 Å². The molecule has 1 saturated heterocycles. The third-order valence-corrected chi connectivity index (χ3v) is 3.20. The lowest BCUT2D eigenvalue weighted by atomic mass is 9.95. The average molecular weight is 223 g/mol. The molecule has 0 aliphatic carbocycles. The Hall–Kier alpha value is -0.870. The van der Waals surface area contributed by atoms with Crippen molar-refractivity contribution in [1.29, 1.82) is 0 Å². The van der Waals surface area contributed by atoms with E-state index in [1.165, 1.54) is 0 Å². The summed E-state index contributed by atoms with van der Waals surface area (Å²) in [5, 5.41) is 10.5. The molecule has 0 bridgehead atoms. The van der Waals surface area contributed by atoms with Gasteiger partial charge in [-0.3, -0.25) is 5.10 Å². The highest BCUT2D eigenvalue weighted by Gasteiger charge is 2.24. The standard InChI is InChI=1S/C12H21N3O/c1-9(2)12-7-10(4-6-16-12)13-8-11-3-5-14-15-11/h3,5,9-10,12-13H,4,6-8H2,1-2H3,(H,14,15). The van der Waals surface area contributed by atoms with Crippen molar-refractivity contribution >= 4 is 0 Å². The molecular formula is C12H21N3O. The van der Waals surface area contributed by atoms with E-state index in [4.69, 9.17) is 4.74 Å². The Balaban J connectivity index is 1.77. The predicted molar refractivity (Wildman–Crippen MR) is 63.0 cm³/mol. The SMILES string of the molecule is CC(C)C1CC(NCc2ccn[nH]2)CCO1. The van der Waals surface area contributed by atoms with Crippen LogP contribution in [0.4, 0.5) is 0 Å². The fourth-order valence-electron chi connectivity index (χ4n) is 2.12. The molecular weight excluding hydrogens is 202 g/mol. The molecule has 1 fully saturated rings. The number of rotatable bonds is 4. The normalized spacial score (nSPS) is 26.2. The van der Waals surface area contributed by atoms with Gasteiger partial charge in [-0.05, 0) is 24.8 Å². The second-order valence-corrected chi connectivity index (χ2v) is 4.84. The topological polar surface area (TPSA) is 49.9 Å². The quantitative estimate of drug-likeness (QED) is 0.817. The summed E-state index contributed by atoms with van der Waals surface area (Å²) in [6, 6.07) is 2.58. The van der Waals surface area contributed by atoms with E-state index < -0.39 is 0 Å². The van der Waals surface area contributed by atoms with Crippen molar-refractivity contribution < 1.29 is 4.74 Å². The van der Waals surface area contributed by atoms with Gasteiger partial charge in [0.15, 0.2) is 0 Å². The van der Waals surface area contributed by atoms with Crippen LogP contribution in [0.25, 0.3) is 0 Å². The van der Waals surface area contributed by atoms with Gasteiger partial charge in [0, 0.05) is 31.1 Å². The Morgan fingerprint density at radius 3 is 3.19 bits per heavy atom. The van der Waals surface area contributed by atoms with Gasteiger partial charge in [0.25, 0.3) is 0 Å². The molecule has 2 rings (SSSR count). The molecule has 0 spiro atoms. The van der Waals surface area contributed by atoms with Crippen molar-refractivity contribution in [2.24, 2.45) is 5.92 Å². The van der Waals surface area contributed by atoms with Crippen molar-refractivity contribution in [2.45, 2.75) is 45.4 Å². The number of aromatic nitrogens is 2. The van der Waals surface area contributed by atoms with Crippen LogP contribution in [-0.4, -0.2) is 29.0 Å². The van der Waals surface area contributed by atoms with Crippen molar-refractivity contribution in [3.8, 4) is 0 Å². The number of aromatic amines is 1. The molecule has 2 heterocycles. The van der Waals surface area contributed by atoms with Gasteiger partial charge in [-0.1, -0.05) is 13.8 Å². The first-order valence-corrected chi connectivity index (χ1v) is 6.09. The Morgan fingerprint density at radius 1 is 1.62 bits per heavy atom. The van der Waals surface area contributed by atoms with Crippen LogP contribution in [0.1, 0.15) is 32.4 Å². The van der Waals surface area contributed by atoms with Crippen LogP contribution in [0.2, 0.25) is 0 Å². The van der Waals surface area contributed by atoms with Crippen LogP contribution in [0.3, 0.4) is 0 Å². The predicted octanol–water partition coefficient (Wildman–Crippen LogP) is 1.70. The first-order valence-electron chi connectivity index (χ1n) is 6.09. The monoisotopic (exact) mass is 223 g/mol. The van der Waals surface area contributed by atoms with Gasteiger partial charge in [-0.15, -0.1) is 0 Å². The minimum atomic E-state index is 0.410.